The first-order valence-electron chi connectivity index (χ1n) is 11.8. The van der Waals surface area contributed by atoms with Crippen LogP contribution in [-0.4, -0.2) is 65.8 Å². The van der Waals surface area contributed by atoms with E-state index in [1.807, 2.05) is 41.3 Å². The Morgan fingerprint density at radius 2 is 1.85 bits per heavy atom. The summed E-state index contributed by atoms with van der Waals surface area (Å²) in [6, 6.07) is 15.8. The van der Waals surface area contributed by atoms with Gasteiger partial charge in [0.05, 0.1) is 31.7 Å². The Bertz CT molecular complexity index is 1160. The van der Waals surface area contributed by atoms with Crippen molar-refractivity contribution in [3.63, 3.8) is 0 Å². The molecule has 1 aromatic heterocycles. The molecule has 5 rings (SSSR count). The maximum atomic E-state index is 13.6. The lowest BCUT2D eigenvalue weighted by Gasteiger charge is -2.50. The summed E-state index contributed by atoms with van der Waals surface area (Å²) >= 11 is 0. The molecule has 3 heterocycles. The van der Waals surface area contributed by atoms with Crippen molar-refractivity contribution in [1.29, 1.82) is 0 Å². The van der Waals surface area contributed by atoms with Crippen molar-refractivity contribution < 1.29 is 14.6 Å². The molecule has 0 bridgehead atoms. The summed E-state index contributed by atoms with van der Waals surface area (Å²) in [6.45, 7) is 2.55. The lowest BCUT2D eigenvalue weighted by atomic mass is 9.68. The van der Waals surface area contributed by atoms with Crippen molar-refractivity contribution >= 4 is 16.8 Å². The number of ether oxygens (including phenoxy) is 1. The first-order valence-corrected chi connectivity index (χ1v) is 11.8. The number of aryl methyl sites for hydroxylation is 1. The summed E-state index contributed by atoms with van der Waals surface area (Å²) in [5, 5.41) is 11.8. The van der Waals surface area contributed by atoms with Gasteiger partial charge in [-0.15, -0.1) is 0 Å². The maximum absolute atomic E-state index is 13.6. The van der Waals surface area contributed by atoms with E-state index >= 15 is 0 Å². The van der Waals surface area contributed by atoms with Gasteiger partial charge in [0.1, 0.15) is 5.75 Å². The number of nitrogens with zero attached hydrogens (tertiary/aromatic N) is 3. The van der Waals surface area contributed by atoms with Gasteiger partial charge in [-0.2, -0.15) is 0 Å². The molecule has 1 saturated heterocycles. The molecular formula is C27H33N3O3. The van der Waals surface area contributed by atoms with Crippen LogP contribution in [0.3, 0.4) is 0 Å². The number of benzene rings is 2. The third-order valence-electron chi connectivity index (χ3n) is 7.78. The molecule has 2 aromatic carbocycles. The molecular weight excluding hydrogens is 414 g/mol. The minimum atomic E-state index is -0.357. The summed E-state index contributed by atoms with van der Waals surface area (Å²) in [6.07, 6.45) is 2.34. The van der Waals surface area contributed by atoms with E-state index in [1.54, 1.807) is 7.11 Å². The van der Waals surface area contributed by atoms with Crippen molar-refractivity contribution in [2.45, 2.75) is 30.7 Å². The zero-order chi connectivity index (χ0) is 23.2. The van der Waals surface area contributed by atoms with Crippen molar-refractivity contribution in [3.05, 3.63) is 65.4 Å². The van der Waals surface area contributed by atoms with Gasteiger partial charge in [0.2, 0.25) is 5.91 Å². The number of aromatic nitrogens is 1. The van der Waals surface area contributed by atoms with Gasteiger partial charge < -0.3 is 24.2 Å². The number of rotatable bonds is 4. The van der Waals surface area contributed by atoms with E-state index in [1.165, 1.54) is 10.9 Å². The highest BCUT2D eigenvalue weighted by molar-refractivity contribution is 5.90. The van der Waals surface area contributed by atoms with E-state index in [2.05, 4.69) is 35.7 Å². The average molecular weight is 448 g/mol. The average Bonchev–Trinajstić information content (AvgIpc) is 3.14. The molecule has 3 aromatic rings. The Hall–Kier alpha value is -2.83. The lowest BCUT2D eigenvalue weighted by Crippen LogP contribution is -2.55. The van der Waals surface area contributed by atoms with Crippen LogP contribution in [-0.2, 0) is 23.7 Å². The third-order valence-corrected chi connectivity index (χ3v) is 7.78. The van der Waals surface area contributed by atoms with Gasteiger partial charge in [-0.05, 0) is 56.2 Å². The number of aliphatic hydroxyl groups is 1. The molecule has 0 unspecified atom stereocenters. The van der Waals surface area contributed by atoms with Crippen LogP contribution in [0.4, 0.5) is 0 Å². The van der Waals surface area contributed by atoms with Gasteiger partial charge in [0, 0.05) is 36.2 Å². The van der Waals surface area contributed by atoms with Crippen LogP contribution in [0, 0.1) is 0 Å². The number of carbonyl (C=O) groups excluding carboxylic acids is 1. The number of amides is 1. The van der Waals surface area contributed by atoms with E-state index < -0.39 is 0 Å². The highest BCUT2D eigenvalue weighted by atomic mass is 16.5. The monoisotopic (exact) mass is 447 g/mol. The van der Waals surface area contributed by atoms with Gasteiger partial charge in [-0.25, -0.2) is 0 Å². The summed E-state index contributed by atoms with van der Waals surface area (Å²) in [5.41, 5.74) is 4.36. The highest BCUT2D eigenvalue weighted by Crippen LogP contribution is 2.50. The largest absolute Gasteiger partial charge is 0.497 e. The predicted octanol–water partition coefficient (Wildman–Crippen LogP) is 3.27. The fourth-order valence-corrected chi connectivity index (χ4v) is 5.95. The molecule has 1 spiro atoms. The molecule has 33 heavy (non-hydrogen) atoms. The molecule has 2 aliphatic rings. The zero-order valence-corrected chi connectivity index (χ0v) is 19.8. The molecule has 6 heteroatoms. The number of fused-ring (bicyclic) bond motifs is 4. The number of hydrogen-bond acceptors (Lipinski definition) is 4. The van der Waals surface area contributed by atoms with Gasteiger partial charge in [0.15, 0.2) is 0 Å². The Balaban J connectivity index is 1.65. The quantitative estimate of drug-likeness (QED) is 0.667. The minimum absolute atomic E-state index is 0.0760. The Labute approximate surface area is 195 Å². The van der Waals surface area contributed by atoms with E-state index in [9.17, 15) is 9.90 Å². The summed E-state index contributed by atoms with van der Waals surface area (Å²) in [5.74, 6) is 0.891. The second kappa shape index (κ2) is 8.50. The van der Waals surface area contributed by atoms with Gasteiger partial charge in [-0.1, -0.05) is 30.3 Å². The Morgan fingerprint density at radius 1 is 1.12 bits per heavy atom. The predicted molar refractivity (Wildman–Crippen MR) is 130 cm³/mol. The zero-order valence-electron chi connectivity index (χ0n) is 19.8. The molecule has 1 N–H and O–H groups in total. The minimum Gasteiger partial charge on any atom is -0.497 e. The second-order valence-corrected chi connectivity index (χ2v) is 9.67. The first kappa shape index (κ1) is 22.0. The van der Waals surface area contributed by atoms with Crippen LogP contribution in [0.25, 0.3) is 10.9 Å². The van der Waals surface area contributed by atoms with Gasteiger partial charge in [-0.3, -0.25) is 4.79 Å². The van der Waals surface area contributed by atoms with Crippen LogP contribution in [0.15, 0.2) is 48.5 Å². The standard InChI is InChI=1S/C27H33N3O3/c1-28-13-11-27(12-14-28)18-30(24(32)15-19-7-5-4-6-8-19)23(17-31)26-25(27)21-10-9-20(33-3)16-22(21)29(26)2/h4-10,16,23,31H,11-15,17-18H2,1-3H3/t23-/m1/s1. The van der Waals surface area contributed by atoms with E-state index in [-0.39, 0.29) is 24.0 Å². The normalized spacial score (nSPS) is 20.2. The first-order chi connectivity index (χ1) is 16.0. The van der Waals surface area contributed by atoms with Gasteiger partial charge in [0.25, 0.3) is 0 Å². The Kier molecular flexibility index (Phi) is 5.67. The van der Waals surface area contributed by atoms with Crippen LogP contribution in [0.2, 0.25) is 0 Å². The molecule has 0 saturated carbocycles. The number of piperidine rings is 1. The number of likely N-dealkylation sites (tertiary alicyclic amines) is 1. The SMILES string of the molecule is COc1ccc2c3c(n(C)c2c1)[C@@H](CO)N(C(=O)Cc1ccccc1)CC31CCN(C)CC1. The number of aliphatic hydroxyl groups excluding tert-OH is 1. The number of carbonyl (C=O) groups is 1. The second-order valence-electron chi connectivity index (χ2n) is 9.67. The lowest BCUT2D eigenvalue weighted by molar-refractivity contribution is -0.136. The van der Waals surface area contributed by atoms with Crippen molar-refractivity contribution in [1.82, 2.24) is 14.4 Å². The van der Waals surface area contributed by atoms with Crippen LogP contribution in [0.5, 0.6) is 5.75 Å². The van der Waals surface area contributed by atoms with E-state index in [4.69, 9.17) is 4.74 Å². The smallest absolute Gasteiger partial charge is 0.227 e. The fourth-order valence-electron chi connectivity index (χ4n) is 5.95. The maximum Gasteiger partial charge on any atom is 0.227 e. The van der Waals surface area contributed by atoms with Crippen LogP contribution >= 0.6 is 0 Å². The summed E-state index contributed by atoms with van der Waals surface area (Å²) < 4.78 is 7.68. The van der Waals surface area contributed by atoms with E-state index in [0.29, 0.717) is 13.0 Å². The summed E-state index contributed by atoms with van der Waals surface area (Å²) in [7, 11) is 5.90. The third kappa shape index (κ3) is 3.62. The van der Waals surface area contributed by atoms with Crippen molar-refractivity contribution in [2.75, 3.05) is 40.4 Å². The molecule has 174 valence electrons. The fraction of sp³-hybridized carbons (Fsp3) is 0.444. The molecule has 0 aliphatic carbocycles. The molecule has 2 aliphatic heterocycles. The molecule has 6 nitrogen and oxygen atoms in total. The van der Waals surface area contributed by atoms with Crippen LogP contribution < -0.4 is 4.74 Å². The molecule has 1 atom stereocenters. The highest BCUT2D eigenvalue weighted by Gasteiger charge is 2.48. The number of methoxy groups -OCH3 is 1. The topological polar surface area (TPSA) is 57.9 Å². The van der Waals surface area contributed by atoms with Crippen LogP contribution in [0.1, 0.15) is 35.7 Å². The van der Waals surface area contributed by atoms with Crippen molar-refractivity contribution in [2.24, 2.45) is 7.05 Å². The van der Waals surface area contributed by atoms with Crippen molar-refractivity contribution in [3.8, 4) is 5.75 Å². The van der Waals surface area contributed by atoms with Gasteiger partial charge >= 0.3 is 0 Å². The van der Waals surface area contributed by atoms with E-state index in [0.717, 1.165) is 48.5 Å². The number of hydrogen-bond donors (Lipinski definition) is 1. The molecule has 0 radical (unpaired) electrons. The molecule has 1 fully saturated rings. The summed E-state index contributed by atoms with van der Waals surface area (Å²) in [4.78, 5) is 18.0. The Morgan fingerprint density at radius 3 is 2.52 bits per heavy atom. The molecule has 1 amide bonds.